The van der Waals surface area contributed by atoms with Gasteiger partial charge in [0.1, 0.15) is 0 Å². The van der Waals surface area contributed by atoms with Crippen LogP contribution in [0.25, 0.3) is 0 Å². The highest BCUT2D eigenvalue weighted by atomic mass is 32.2. The molecule has 4 nitrogen and oxygen atoms in total. The predicted molar refractivity (Wildman–Crippen MR) is 70.9 cm³/mol. The second kappa shape index (κ2) is 6.35. The molecule has 0 unspecified atom stereocenters. The summed E-state index contributed by atoms with van der Waals surface area (Å²) in [4.78, 5) is 6.42. The van der Waals surface area contributed by atoms with Gasteiger partial charge in [-0.25, -0.2) is 0 Å². The van der Waals surface area contributed by atoms with Crippen LogP contribution in [-0.2, 0) is 0 Å². The molecule has 1 fully saturated rings. The van der Waals surface area contributed by atoms with Crippen LogP contribution >= 0.6 is 11.8 Å². The minimum atomic E-state index is -0.685. The van der Waals surface area contributed by atoms with E-state index in [1.54, 1.807) is 0 Å². The normalized spacial score (nSPS) is 18.9. The largest absolute Gasteiger partial charge is 0.388 e. The number of aliphatic hydroxyl groups is 1. The van der Waals surface area contributed by atoms with Crippen molar-refractivity contribution in [3.63, 3.8) is 0 Å². The van der Waals surface area contributed by atoms with Crippen molar-refractivity contribution in [3.05, 3.63) is 0 Å². The van der Waals surface area contributed by atoms with E-state index in [9.17, 15) is 5.11 Å². The highest BCUT2D eigenvalue weighted by Gasteiger charge is 2.22. The molecule has 94 valence electrons. The molecule has 1 heterocycles. The standard InChI is InChI=1S/C11H23N3OS/c1-3-11(15,4-2)9-13-10(12)14-5-7-16-8-6-14/h15H,3-9H2,1-2H3,(H2,12,13). The molecule has 1 rings (SSSR count). The minimum Gasteiger partial charge on any atom is -0.388 e. The van der Waals surface area contributed by atoms with Gasteiger partial charge in [-0.2, -0.15) is 11.8 Å². The van der Waals surface area contributed by atoms with E-state index < -0.39 is 5.60 Å². The molecule has 0 atom stereocenters. The highest BCUT2D eigenvalue weighted by molar-refractivity contribution is 7.99. The summed E-state index contributed by atoms with van der Waals surface area (Å²) in [6.07, 6.45) is 1.44. The van der Waals surface area contributed by atoms with E-state index in [4.69, 9.17) is 5.73 Å². The van der Waals surface area contributed by atoms with Crippen molar-refractivity contribution in [2.24, 2.45) is 10.7 Å². The van der Waals surface area contributed by atoms with E-state index in [1.165, 1.54) is 0 Å². The summed E-state index contributed by atoms with van der Waals surface area (Å²) in [5, 5.41) is 10.1. The van der Waals surface area contributed by atoms with Gasteiger partial charge in [0.2, 0.25) is 0 Å². The fraction of sp³-hybridized carbons (Fsp3) is 0.909. The van der Waals surface area contributed by atoms with Gasteiger partial charge in [0.05, 0.1) is 12.1 Å². The molecule has 0 bridgehead atoms. The first-order chi connectivity index (χ1) is 7.61. The zero-order chi connectivity index (χ0) is 12.0. The van der Waals surface area contributed by atoms with Crippen LogP contribution in [0, 0.1) is 0 Å². The molecule has 0 aromatic rings. The lowest BCUT2D eigenvalue weighted by Gasteiger charge is -2.28. The Labute approximate surface area is 102 Å². The van der Waals surface area contributed by atoms with Crippen molar-refractivity contribution in [1.82, 2.24) is 4.90 Å². The first kappa shape index (κ1) is 13.6. The maximum absolute atomic E-state index is 10.1. The number of hydrogen-bond donors (Lipinski definition) is 2. The van der Waals surface area contributed by atoms with E-state index in [0.717, 1.165) is 37.4 Å². The predicted octanol–water partition coefficient (Wildman–Crippen LogP) is 0.901. The van der Waals surface area contributed by atoms with Crippen LogP contribution in [0.15, 0.2) is 4.99 Å². The van der Waals surface area contributed by atoms with E-state index in [-0.39, 0.29) is 0 Å². The fourth-order valence-corrected chi connectivity index (χ4v) is 2.50. The average molecular weight is 245 g/mol. The van der Waals surface area contributed by atoms with Gasteiger partial charge in [-0.15, -0.1) is 0 Å². The summed E-state index contributed by atoms with van der Waals surface area (Å²) in [6, 6.07) is 0. The Morgan fingerprint density at radius 3 is 2.44 bits per heavy atom. The van der Waals surface area contributed by atoms with Crippen molar-refractivity contribution in [1.29, 1.82) is 0 Å². The maximum atomic E-state index is 10.1. The van der Waals surface area contributed by atoms with Gasteiger partial charge < -0.3 is 15.7 Å². The number of hydrogen-bond acceptors (Lipinski definition) is 3. The second-order valence-corrected chi connectivity index (χ2v) is 5.43. The Bertz CT molecular complexity index is 235. The van der Waals surface area contributed by atoms with Crippen LogP contribution in [0.4, 0.5) is 0 Å². The molecule has 1 saturated heterocycles. The van der Waals surface area contributed by atoms with Crippen molar-refractivity contribution < 1.29 is 5.11 Å². The van der Waals surface area contributed by atoms with Crippen molar-refractivity contribution in [3.8, 4) is 0 Å². The van der Waals surface area contributed by atoms with E-state index >= 15 is 0 Å². The lowest BCUT2D eigenvalue weighted by atomic mass is 9.98. The number of nitrogens with zero attached hydrogens (tertiary/aromatic N) is 2. The summed E-state index contributed by atoms with van der Waals surface area (Å²) in [5.41, 5.74) is 5.24. The number of thioether (sulfide) groups is 1. The van der Waals surface area contributed by atoms with Gasteiger partial charge in [0.15, 0.2) is 5.96 Å². The first-order valence-corrected chi connectivity index (χ1v) is 7.12. The number of guanidine groups is 1. The molecule has 0 aromatic carbocycles. The zero-order valence-electron chi connectivity index (χ0n) is 10.3. The number of aliphatic imine (C=N–C) groups is 1. The molecule has 1 aliphatic heterocycles. The first-order valence-electron chi connectivity index (χ1n) is 5.96. The van der Waals surface area contributed by atoms with Gasteiger partial charge in [-0.1, -0.05) is 13.8 Å². The maximum Gasteiger partial charge on any atom is 0.191 e. The monoisotopic (exact) mass is 245 g/mol. The van der Waals surface area contributed by atoms with E-state index in [0.29, 0.717) is 12.5 Å². The van der Waals surface area contributed by atoms with E-state index in [1.807, 2.05) is 25.6 Å². The molecule has 3 N–H and O–H groups in total. The molecule has 5 heteroatoms. The van der Waals surface area contributed by atoms with Crippen LogP contribution < -0.4 is 5.73 Å². The highest BCUT2D eigenvalue weighted by Crippen LogP contribution is 2.15. The molecule has 0 spiro atoms. The molecular formula is C11H23N3OS. The van der Waals surface area contributed by atoms with Crippen LogP contribution in [0.3, 0.4) is 0 Å². The topological polar surface area (TPSA) is 61.9 Å². The van der Waals surface area contributed by atoms with Crippen molar-refractivity contribution >= 4 is 17.7 Å². The Morgan fingerprint density at radius 1 is 1.38 bits per heavy atom. The summed E-state index contributed by atoms with van der Waals surface area (Å²) in [6.45, 7) is 6.31. The molecule has 0 aliphatic carbocycles. The third kappa shape index (κ3) is 3.87. The quantitative estimate of drug-likeness (QED) is 0.571. The molecule has 0 saturated carbocycles. The average Bonchev–Trinajstić information content (AvgIpc) is 2.36. The Morgan fingerprint density at radius 2 is 1.94 bits per heavy atom. The Balaban J connectivity index is 2.48. The lowest BCUT2D eigenvalue weighted by Crippen LogP contribution is -2.43. The minimum absolute atomic E-state index is 0.412. The second-order valence-electron chi connectivity index (χ2n) is 4.21. The fourth-order valence-electron chi connectivity index (χ4n) is 1.59. The zero-order valence-corrected chi connectivity index (χ0v) is 11.1. The molecule has 0 radical (unpaired) electrons. The van der Waals surface area contributed by atoms with Crippen LogP contribution in [0.5, 0.6) is 0 Å². The molecule has 0 amide bonds. The van der Waals surface area contributed by atoms with Crippen molar-refractivity contribution in [2.45, 2.75) is 32.3 Å². The summed E-state index contributed by atoms with van der Waals surface area (Å²) >= 11 is 1.95. The third-order valence-electron chi connectivity index (χ3n) is 3.19. The van der Waals surface area contributed by atoms with Crippen LogP contribution in [-0.4, -0.2) is 52.7 Å². The van der Waals surface area contributed by atoms with Gasteiger partial charge in [-0.05, 0) is 12.8 Å². The Kier molecular flexibility index (Phi) is 5.41. The molecule has 16 heavy (non-hydrogen) atoms. The number of rotatable bonds is 4. The summed E-state index contributed by atoms with van der Waals surface area (Å²) < 4.78 is 0. The Hall–Kier alpha value is -0.420. The molecule has 0 aromatic heterocycles. The SMILES string of the molecule is CCC(O)(CC)CN=C(N)N1CCSCC1. The summed E-state index contributed by atoms with van der Waals surface area (Å²) in [5.74, 6) is 2.81. The van der Waals surface area contributed by atoms with Gasteiger partial charge in [0.25, 0.3) is 0 Å². The van der Waals surface area contributed by atoms with Gasteiger partial charge in [-0.3, -0.25) is 4.99 Å². The smallest absolute Gasteiger partial charge is 0.191 e. The van der Waals surface area contributed by atoms with Crippen LogP contribution in [0.2, 0.25) is 0 Å². The number of nitrogens with two attached hydrogens (primary N) is 1. The molecule has 1 aliphatic rings. The molecular weight excluding hydrogens is 222 g/mol. The van der Waals surface area contributed by atoms with Crippen LogP contribution in [0.1, 0.15) is 26.7 Å². The van der Waals surface area contributed by atoms with Gasteiger partial charge >= 0.3 is 0 Å². The third-order valence-corrected chi connectivity index (χ3v) is 4.13. The van der Waals surface area contributed by atoms with Crippen molar-refractivity contribution in [2.75, 3.05) is 31.1 Å². The van der Waals surface area contributed by atoms with E-state index in [2.05, 4.69) is 9.89 Å². The van der Waals surface area contributed by atoms with Gasteiger partial charge in [0, 0.05) is 24.6 Å². The lowest BCUT2D eigenvalue weighted by molar-refractivity contribution is 0.0416. The summed E-state index contributed by atoms with van der Waals surface area (Å²) in [7, 11) is 0.